The Morgan fingerprint density at radius 2 is 2.04 bits per heavy atom. The van der Waals surface area contributed by atoms with Crippen molar-refractivity contribution in [3.8, 4) is 0 Å². The summed E-state index contributed by atoms with van der Waals surface area (Å²) in [6, 6.07) is 12.7. The van der Waals surface area contributed by atoms with Crippen LogP contribution in [0.1, 0.15) is 24.5 Å². The molecule has 2 aromatic carbocycles. The van der Waals surface area contributed by atoms with Gasteiger partial charge in [-0.15, -0.1) is 0 Å². The van der Waals surface area contributed by atoms with Crippen molar-refractivity contribution in [2.45, 2.75) is 26.0 Å². The molecule has 0 saturated carbocycles. The number of amides is 2. The molecule has 0 bridgehead atoms. The van der Waals surface area contributed by atoms with Gasteiger partial charge in [0.2, 0.25) is 0 Å². The van der Waals surface area contributed by atoms with Crippen LogP contribution >= 0.6 is 0 Å². The lowest BCUT2D eigenvalue weighted by Gasteiger charge is -2.25. The van der Waals surface area contributed by atoms with Crippen LogP contribution in [0.5, 0.6) is 0 Å². The third-order valence-corrected chi connectivity index (χ3v) is 4.26. The van der Waals surface area contributed by atoms with E-state index in [1.54, 1.807) is 6.92 Å². The third kappa shape index (κ3) is 4.81. The van der Waals surface area contributed by atoms with E-state index in [0.717, 1.165) is 17.3 Å². The summed E-state index contributed by atoms with van der Waals surface area (Å²) in [6.45, 7) is 2.50. The Morgan fingerprint density at radius 3 is 2.74 bits per heavy atom. The number of oxime groups is 1. The van der Waals surface area contributed by atoms with Gasteiger partial charge in [-0.1, -0.05) is 41.6 Å². The molecule has 0 radical (unpaired) electrons. The van der Waals surface area contributed by atoms with Crippen molar-refractivity contribution in [1.82, 2.24) is 10.2 Å². The summed E-state index contributed by atoms with van der Waals surface area (Å²) in [5.41, 5.74) is 2.02. The molecular weight excluding hydrogens is 352 g/mol. The van der Waals surface area contributed by atoms with Gasteiger partial charge in [-0.25, -0.2) is 13.6 Å². The monoisotopic (exact) mass is 373 g/mol. The molecule has 0 aromatic heterocycles. The molecule has 0 aliphatic carbocycles. The number of halogens is 2. The smallest absolute Gasteiger partial charge is 0.317 e. The van der Waals surface area contributed by atoms with Crippen LogP contribution in [0, 0.1) is 11.6 Å². The molecule has 1 atom stereocenters. The summed E-state index contributed by atoms with van der Waals surface area (Å²) < 4.78 is 27.1. The lowest BCUT2D eigenvalue weighted by atomic mass is 10.0. The van der Waals surface area contributed by atoms with Crippen LogP contribution in [0.25, 0.3) is 0 Å². The molecule has 0 saturated heterocycles. The van der Waals surface area contributed by atoms with Crippen LogP contribution in [-0.4, -0.2) is 35.8 Å². The molecule has 5 nitrogen and oxygen atoms in total. The van der Waals surface area contributed by atoms with Crippen molar-refractivity contribution >= 4 is 11.7 Å². The van der Waals surface area contributed by atoms with E-state index in [4.69, 9.17) is 4.84 Å². The Labute approximate surface area is 156 Å². The lowest BCUT2D eigenvalue weighted by Crippen LogP contribution is -2.43. The molecule has 0 spiro atoms. The predicted molar refractivity (Wildman–Crippen MR) is 98.3 cm³/mol. The van der Waals surface area contributed by atoms with Gasteiger partial charge in [0.25, 0.3) is 0 Å². The number of benzene rings is 2. The highest BCUT2D eigenvalue weighted by atomic mass is 19.1. The van der Waals surface area contributed by atoms with Gasteiger partial charge in [0.1, 0.15) is 11.6 Å². The average Bonchev–Trinajstić information content (AvgIpc) is 3.13. The molecule has 142 valence electrons. The maximum Gasteiger partial charge on any atom is 0.317 e. The van der Waals surface area contributed by atoms with E-state index in [1.807, 2.05) is 30.3 Å². The fourth-order valence-corrected chi connectivity index (χ4v) is 2.91. The van der Waals surface area contributed by atoms with Gasteiger partial charge in [0, 0.05) is 24.6 Å². The predicted octanol–water partition coefficient (Wildman–Crippen LogP) is 3.69. The van der Waals surface area contributed by atoms with Crippen LogP contribution in [0.3, 0.4) is 0 Å². The van der Waals surface area contributed by atoms with Gasteiger partial charge in [0.15, 0.2) is 6.10 Å². The highest BCUT2D eigenvalue weighted by molar-refractivity contribution is 6.01. The first-order valence-electron chi connectivity index (χ1n) is 8.81. The van der Waals surface area contributed by atoms with E-state index >= 15 is 0 Å². The van der Waals surface area contributed by atoms with E-state index in [0.29, 0.717) is 13.0 Å². The summed E-state index contributed by atoms with van der Waals surface area (Å²) >= 11 is 0. The van der Waals surface area contributed by atoms with Gasteiger partial charge >= 0.3 is 6.03 Å². The number of carbonyl (C=O) groups is 1. The normalized spacial score (nSPS) is 15.8. The van der Waals surface area contributed by atoms with Crippen LogP contribution in [0.4, 0.5) is 13.6 Å². The minimum absolute atomic E-state index is 0.0124. The highest BCUT2D eigenvalue weighted by Gasteiger charge is 2.27. The number of nitrogens with zero attached hydrogens (tertiary/aromatic N) is 2. The molecule has 2 aromatic rings. The minimum Gasteiger partial charge on any atom is -0.390 e. The number of hydrogen-bond donors (Lipinski definition) is 1. The van der Waals surface area contributed by atoms with Gasteiger partial charge in [-0.2, -0.15) is 0 Å². The van der Waals surface area contributed by atoms with Crippen LogP contribution in [-0.2, 0) is 11.4 Å². The number of hydrogen-bond acceptors (Lipinski definition) is 3. The van der Waals surface area contributed by atoms with E-state index in [1.165, 1.54) is 17.0 Å². The summed E-state index contributed by atoms with van der Waals surface area (Å²) in [5, 5.41) is 6.83. The standard InChI is InChI=1S/C20H21F2N3O2/c1-2-23-20(26)25(12-15-8-9-16(21)10-18(15)22)13-17-11-19(24-27-17)14-6-4-3-5-7-14/h3-10,17H,2,11-13H2,1H3,(H,23,26). The highest BCUT2D eigenvalue weighted by Crippen LogP contribution is 2.19. The first kappa shape index (κ1) is 18.8. The molecule has 1 unspecified atom stereocenters. The maximum atomic E-state index is 14.0. The van der Waals surface area contributed by atoms with Crippen LogP contribution < -0.4 is 5.32 Å². The molecule has 1 heterocycles. The summed E-state index contributed by atoms with van der Waals surface area (Å²) in [5.74, 6) is -1.33. The fourth-order valence-electron chi connectivity index (χ4n) is 2.91. The van der Waals surface area contributed by atoms with Gasteiger partial charge in [-0.3, -0.25) is 0 Å². The average molecular weight is 373 g/mol. The van der Waals surface area contributed by atoms with E-state index in [-0.39, 0.29) is 30.8 Å². The SMILES string of the molecule is CCNC(=O)N(Cc1ccc(F)cc1F)CC1CC(c2ccccc2)=NO1. The quantitative estimate of drug-likeness (QED) is 0.840. The Morgan fingerprint density at radius 1 is 1.26 bits per heavy atom. The largest absolute Gasteiger partial charge is 0.390 e. The molecule has 3 rings (SSSR count). The van der Waals surface area contributed by atoms with E-state index in [9.17, 15) is 13.6 Å². The molecular formula is C20H21F2N3O2. The molecule has 7 heteroatoms. The third-order valence-electron chi connectivity index (χ3n) is 4.26. The lowest BCUT2D eigenvalue weighted by molar-refractivity contribution is 0.0588. The topological polar surface area (TPSA) is 53.9 Å². The molecule has 1 aliphatic heterocycles. The zero-order chi connectivity index (χ0) is 19.2. The van der Waals surface area contributed by atoms with Crippen molar-refractivity contribution in [2.24, 2.45) is 5.16 Å². The van der Waals surface area contributed by atoms with Gasteiger partial charge in [-0.05, 0) is 18.6 Å². The first-order chi connectivity index (χ1) is 13.1. The van der Waals surface area contributed by atoms with Gasteiger partial charge < -0.3 is 15.1 Å². The van der Waals surface area contributed by atoms with Crippen molar-refractivity contribution in [1.29, 1.82) is 0 Å². The first-order valence-corrected chi connectivity index (χ1v) is 8.81. The number of carbonyl (C=O) groups excluding carboxylic acids is 1. The van der Waals surface area contributed by atoms with Crippen molar-refractivity contribution in [3.63, 3.8) is 0 Å². The second-order valence-corrected chi connectivity index (χ2v) is 6.29. The van der Waals surface area contributed by atoms with Crippen molar-refractivity contribution in [3.05, 3.63) is 71.3 Å². The molecule has 2 amide bonds. The molecule has 27 heavy (non-hydrogen) atoms. The minimum atomic E-state index is -0.683. The summed E-state index contributed by atoms with van der Waals surface area (Å²) in [6.07, 6.45) is 0.220. The summed E-state index contributed by atoms with van der Waals surface area (Å²) in [4.78, 5) is 19.3. The fraction of sp³-hybridized carbons (Fsp3) is 0.300. The second-order valence-electron chi connectivity index (χ2n) is 6.29. The maximum absolute atomic E-state index is 14.0. The number of rotatable bonds is 6. The van der Waals surface area contributed by atoms with Crippen LogP contribution in [0.15, 0.2) is 53.7 Å². The number of urea groups is 1. The van der Waals surface area contributed by atoms with Crippen LogP contribution in [0.2, 0.25) is 0 Å². The van der Waals surface area contributed by atoms with Gasteiger partial charge in [0.05, 0.1) is 18.8 Å². The molecule has 0 fully saturated rings. The molecule has 1 N–H and O–H groups in total. The Kier molecular flexibility index (Phi) is 6.01. The van der Waals surface area contributed by atoms with E-state index in [2.05, 4.69) is 10.5 Å². The van der Waals surface area contributed by atoms with E-state index < -0.39 is 11.6 Å². The second kappa shape index (κ2) is 8.62. The molecule has 1 aliphatic rings. The summed E-state index contributed by atoms with van der Waals surface area (Å²) in [7, 11) is 0. The Bertz CT molecular complexity index is 827. The zero-order valence-corrected chi connectivity index (χ0v) is 15.0. The Hall–Kier alpha value is -2.96. The Balaban J connectivity index is 1.68. The zero-order valence-electron chi connectivity index (χ0n) is 15.0. The van der Waals surface area contributed by atoms with Crippen molar-refractivity contribution < 1.29 is 18.4 Å². The van der Waals surface area contributed by atoms with Crippen molar-refractivity contribution in [2.75, 3.05) is 13.1 Å². The number of nitrogens with one attached hydrogen (secondary N) is 1.